The van der Waals surface area contributed by atoms with Crippen LogP contribution in [0.1, 0.15) is 6.92 Å². The molecule has 0 radical (unpaired) electrons. The van der Waals surface area contributed by atoms with Gasteiger partial charge in [0.2, 0.25) is 5.91 Å². The number of hydrogen-bond donors (Lipinski definition) is 1. The van der Waals surface area contributed by atoms with Crippen molar-refractivity contribution in [3.05, 3.63) is 11.8 Å². The average Bonchev–Trinajstić information content (AvgIpc) is 2.03. The zero-order valence-electron chi connectivity index (χ0n) is 6.28. The summed E-state index contributed by atoms with van der Waals surface area (Å²) in [6.07, 6.45) is 1.91. The SMILES string of the molecule is CC1=CN2C(=O)C(N)[C@H]2SC1. The van der Waals surface area contributed by atoms with Gasteiger partial charge in [-0.05, 0) is 12.5 Å². The molecule has 1 saturated heterocycles. The van der Waals surface area contributed by atoms with E-state index in [1.807, 2.05) is 13.1 Å². The van der Waals surface area contributed by atoms with E-state index in [0.717, 1.165) is 5.75 Å². The molecule has 1 unspecified atom stereocenters. The van der Waals surface area contributed by atoms with Gasteiger partial charge in [-0.2, -0.15) is 0 Å². The van der Waals surface area contributed by atoms with Gasteiger partial charge in [-0.25, -0.2) is 0 Å². The van der Waals surface area contributed by atoms with Gasteiger partial charge in [-0.15, -0.1) is 11.8 Å². The van der Waals surface area contributed by atoms with Crippen LogP contribution in [0.5, 0.6) is 0 Å². The summed E-state index contributed by atoms with van der Waals surface area (Å²) in [5.74, 6) is 1.06. The van der Waals surface area contributed by atoms with E-state index in [9.17, 15) is 4.79 Å². The molecule has 2 heterocycles. The van der Waals surface area contributed by atoms with Gasteiger partial charge in [0.05, 0.1) is 0 Å². The lowest BCUT2D eigenvalue weighted by Gasteiger charge is -2.45. The molecule has 0 aromatic heterocycles. The largest absolute Gasteiger partial charge is 0.317 e. The topological polar surface area (TPSA) is 46.3 Å². The van der Waals surface area contributed by atoms with Gasteiger partial charge in [0.1, 0.15) is 11.4 Å². The van der Waals surface area contributed by atoms with Gasteiger partial charge < -0.3 is 10.6 Å². The fourth-order valence-electron chi connectivity index (χ4n) is 1.32. The second kappa shape index (κ2) is 2.25. The van der Waals surface area contributed by atoms with Crippen LogP contribution in [-0.2, 0) is 4.79 Å². The van der Waals surface area contributed by atoms with Crippen LogP contribution in [-0.4, -0.2) is 28.0 Å². The van der Waals surface area contributed by atoms with Crippen LogP contribution in [0.2, 0.25) is 0 Å². The third-order valence-electron chi connectivity index (χ3n) is 1.96. The summed E-state index contributed by atoms with van der Waals surface area (Å²) in [4.78, 5) is 12.8. The lowest BCUT2D eigenvalue weighted by atomic mass is 10.1. The smallest absolute Gasteiger partial charge is 0.247 e. The van der Waals surface area contributed by atoms with E-state index < -0.39 is 0 Å². The van der Waals surface area contributed by atoms with E-state index in [1.165, 1.54) is 5.57 Å². The van der Waals surface area contributed by atoms with Gasteiger partial charge in [0.25, 0.3) is 0 Å². The van der Waals surface area contributed by atoms with E-state index in [-0.39, 0.29) is 17.3 Å². The summed E-state index contributed by atoms with van der Waals surface area (Å²) in [6, 6.07) is -0.260. The van der Waals surface area contributed by atoms with Crippen molar-refractivity contribution < 1.29 is 4.79 Å². The van der Waals surface area contributed by atoms with E-state index in [4.69, 9.17) is 5.73 Å². The second-order valence-electron chi connectivity index (χ2n) is 2.95. The Morgan fingerprint density at radius 2 is 2.55 bits per heavy atom. The zero-order chi connectivity index (χ0) is 8.01. The highest BCUT2D eigenvalue weighted by atomic mass is 32.2. The summed E-state index contributed by atoms with van der Waals surface area (Å²) < 4.78 is 0. The molecule has 2 rings (SSSR count). The zero-order valence-corrected chi connectivity index (χ0v) is 7.10. The van der Waals surface area contributed by atoms with Crippen molar-refractivity contribution in [2.75, 3.05) is 5.75 Å². The third kappa shape index (κ3) is 0.895. The minimum atomic E-state index is -0.260. The molecule has 3 nitrogen and oxygen atoms in total. The van der Waals surface area contributed by atoms with Crippen LogP contribution < -0.4 is 5.73 Å². The van der Waals surface area contributed by atoms with Crippen molar-refractivity contribution in [1.82, 2.24) is 4.90 Å². The number of rotatable bonds is 0. The van der Waals surface area contributed by atoms with Crippen molar-refractivity contribution in [3.63, 3.8) is 0 Å². The molecule has 1 fully saturated rings. The Labute approximate surface area is 69.6 Å². The summed E-state index contributed by atoms with van der Waals surface area (Å²) >= 11 is 1.74. The van der Waals surface area contributed by atoms with Crippen molar-refractivity contribution in [2.24, 2.45) is 5.73 Å². The van der Waals surface area contributed by atoms with Crippen molar-refractivity contribution in [2.45, 2.75) is 18.3 Å². The molecule has 4 heteroatoms. The minimum Gasteiger partial charge on any atom is -0.317 e. The molecular formula is C7H10N2OS. The van der Waals surface area contributed by atoms with Gasteiger partial charge in [-0.1, -0.05) is 0 Å². The first-order valence-corrected chi connectivity index (χ1v) is 4.61. The van der Waals surface area contributed by atoms with Gasteiger partial charge in [0.15, 0.2) is 0 Å². The predicted octanol–water partition coefficient (Wildman–Crippen LogP) is 0.133. The Balaban J connectivity index is 2.20. The first kappa shape index (κ1) is 7.18. The number of thioether (sulfide) groups is 1. The summed E-state index contributed by atoms with van der Waals surface area (Å²) in [5.41, 5.74) is 6.82. The predicted molar refractivity (Wildman–Crippen MR) is 44.8 cm³/mol. The first-order valence-electron chi connectivity index (χ1n) is 3.57. The molecule has 0 aromatic carbocycles. The molecule has 0 spiro atoms. The van der Waals surface area contributed by atoms with E-state index >= 15 is 0 Å². The number of hydrogen-bond acceptors (Lipinski definition) is 3. The molecule has 2 aliphatic heterocycles. The first-order chi connectivity index (χ1) is 5.20. The molecule has 2 aliphatic rings. The Kier molecular flexibility index (Phi) is 1.47. The lowest BCUT2D eigenvalue weighted by Crippen LogP contribution is -2.65. The van der Waals surface area contributed by atoms with Crippen LogP contribution in [0.4, 0.5) is 0 Å². The number of amides is 1. The van der Waals surface area contributed by atoms with Crippen LogP contribution >= 0.6 is 11.8 Å². The fraction of sp³-hybridized carbons (Fsp3) is 0.571. The molecule has 0 saturated carbocycles. The third-order valence-corrected chi connectivity index (χ3v) is 3.45. The number of carbonyl (C=O) groups is 1. The van der Waals surface area contributed by atoms with Crippen LogP contribution in [0.25, 0.3) is 0 Å². The quantitative estimate of drug-likeness (QED) is 0.526. The van der Waals surface area contributed by atoms with Crippen LogP contribution in [0, 0.1) is 0 Å². The van der Waals surface area contributed by atoms with Crippen molar-refractivity contribution in [3.8, 4) is 0 Å². The number of fused-ring (bicyclic) bond motifs is 1. The fourth-order valence-corrected chi connectivity index (χ4v) is 2.48. The van der Waals surface area contributed by atoms with Gasteiger partial charge in [-0.3, -0.25) is 4.79 Å². The normalized spacial score (nSPS) is 36.0. The maximum Gasteiger partial charge on any atom is 0.247 e. The van der Waals surface area contributed by atoms with Gasteiger partial charge >= 0.3 is 0 Å². The van der Waals surface area contributed by atoms with Crippen LogP contribution in [0.3, 0.4) is 0 Å². The standard InChI is InChI=1S/C7H10N2OS/c1-4-2-9-6(10)5(8)7(9)11-3-4/h2,5,7H,3,8H2,1H3/t5?,7-/m1/s1. The average molecular weight is 170 g/mol. The maximum absolute atomic E-state index is 11.1. The number of β-lactam (4-membered cyclic amide) rings is 1. The Hall–Kier alpha value is -0.480. The monoisotopic (exact) mass is 170 g/mol. The summed E-state index contributed by atoms with van der Waals surface area (Å²) in [7, 11) is 0. The lowest BCUT2D eigenvalue weighted by molar-refractivity contribution is -0.140. The summed E-state index contributed by atoms with van der Waals surface area (Å²) in [6.45, 7) is 2.03. The number of nitrogens with two attached hydrogens (primary N) is 1. The molecule has 60 valence electrons. The van der Waals surface area contributed by atoms with E-state index in [1.54, 1.807) is 16.7 Å². The maximum atomic E-state index is 11.1. The number of nitrogens with zero attached hydrogens (tertiary/aromatic N) is 1. The van der Waals surface area contributed by atoms with Crippen molar-refractivity contribution >= 4 is 17.7 Å². The minimum absolute atomic E-state index is 0.0570. The Morgan fingerprint density at radius 1 is 1.82 bits per heavy atom. The molecule has 1 amide bonds. The highest BCUT2D eigenvalue weighted by molar-refractivity contribution is 8.00. The van der Waals surface area contributed by atoms with Crippen LogP contribution in [0.15, 0.2) is 11.8 Å². The molecule has 2 atom stereocenters. The molecule has 11 heavy (non-hydrogen) atoms. The molecular weight excluding hydrogens is 160 g/mol. The molecule has 0 aliphatic carbocycles. The molecule has 0 bridgehead atoms. The highest BCUT2D eigenvalue weighted by Gasteiger charge is 2.45. The van der Waals surface area contributed by atoms with Crippen molar-refractivity contribution in [1.29, 1.82) is 0 Å². The molecule has 0 aromatic rings. The Bertz CT molecular complexity index is 239. The van der Waals surface area contributed by atoms with E-state index in [0.29, 0.717) is 0 Å². The van der Waals surface area contributed by atoms with Gasteiger partial charge in [0, 0.05) is 12.0 Å². The molecule has 2 N–H and O–H groups in total. The second-order valence-corrected chi connectivity index (χ2v) is 4.05. The van der Waals surface area contributed by atoms with E-state index in [2.05, 4.69) is 0 Å². The Morgan fingerprint density at radius 3 is 3.27 bits per heavy atom. The number of carbonyl (C=O) groups excluding carboxylic acids is 1. The highest BCUT2D eigenvalue weighted by Crippen LogP contribution is 2.34. The summed E-state index contributed by atoms with van der Waals surface area (Å²) in [5, 5.41) is 0.214.